The number of likely N-dealkylation sites (tertiary alicyclic amines) is 1. The van der Waals surface area contributed by atoms with Crippen molar-refractivity contribution in [2.24, 2.45) is 5.92 Å². The third-order valence-electron chi connectivity index (χ3n) is 4.77. The lowest BCUT2D eigenvalue weighted by molar-refractivity contribution is 0.0893. The average molecular weight is 275 g/mol. The second-order valence-electron chi connectivity index (χ2n) is 6.63. The lowest BCUT2D eigenvalue weighted by atomic mass is 10.1. The van der Waals surface area contributed by atoms with Gasteiger partial charge in [-0.2, -0.15) is 0 Å². The normalized spacial score (nSPS) is 30.6. The van der Waals surface area contributed by atoms with E-state index in [4.69, 9.17) is 4.52 Å². The summed E-state index contributed by atoms with van der Waals surface area (Å²) in [4.78, 5) is 14.7. The maximum atomic E-state index is 12.2. The summed E-state index contributed by atoms with van der Waals surface area (Å²) in [7, 11) is 0. The molecule has 5 nitrogen and oxygen atoms in total. The Labute approximate surface area is 118 Å². The van der Waals surface area contributed by atoms with Crippen molar-refractivity contribution in [3.63, 3.8) is 0 Å². The molecule has 0 spiro atoms. The molecular weight excluding hydrogens is 254 g/mol. The first kappa shape index (κ1) is 12.4. The number of hydrogen-bond donors (Lipinski definition) is 1. The first-order valence-electron chi connectivity index (χ1n) is 7.72. The van der Waals surface area contributed by atoms with E-state index >= 15 is 0 Å². The Hall–Kier alpha value is -1.36. The van der Waals surface area contributed by atoms with E-state index in [2.05, 4.69) is 22.3 Å². The van der Waals surface area contributed by atoms with Gasteiger partial charge >= 0.3 is 0 Å². The molecule has 3 fully saturated rings. The van der Waals surface area contributed by atoms with Gasteiger partial charge in [-0.3, -0.25) is 9.69 Å². The molecule has 1 amide bonds. The van der Waals surface area contributed by atoms with Crippen molar-refractivity contribution >= 4 is 5.91 Å². The molecule has 1 aliphatic heterocycles. The summed E-state index contributed by atoms with van der Waals surface area (Å²) in [6.07, 6.45) is 4.98. The van der Waals surface area contributed by atoms with Gasteiger partial charge in [0, 0.05) is 37.2 Å². The molecule has 2 unspecified atom stereocenters. The van der Waals surface area contributed by atoms with Crippen LogP contribution in [0.3, 0.4) is 0 Å². The summed E-state index contributed by atoms with van der Waals surface area (Å²) in [5.41, 5.74) is 0.939. The minimum absolute atomic E-state index is 0.112. The Balaban J connectivity index is 1.38. The number of hydrogen-bond acceptors (Lipinski definition) is 4. The highest BCUT2D eigenvalue weighted by Gasteiger charge is 2.39. The van der Waals surface area contributed by atoms with Crippen molar-refractivity contribution in [3.05, 3.63) is 17.5 Å². The largest absolute Gasteiger partial charge is 0.351 e. The Kier molecular flexibility index (Phi) is 2.84. The highest BCUT2D eigenvalue weighted by atomic mass is 16.5. The molecule has 1 saturated heterocycles. The highest BCUT2D eigenvalue weighted by Crippen LogP contribution is 2.39. The van der Waals surface area contributed by atoms with Crippen LogP contribution in [0.4, 0.5) is 0 Å². The zero-order valence-corrected chi connectivity index (χ0v) is 11.8. The molecule has 2 aliphatic carbocycles. The summed E-state index contributed by atoms with van der Waals surface area (Å²) >= 11 is 0. The summed E-state index contributed by atoms with van der Waals surface area (Å²) in [6.45, 7) is 4.28. The first-order valence-corrected chi connectivity index (χ1v) is 7.72. The van der Waals surface area contributed by atoms with Crippen LogP contribution >= 0.6 is 0 Å². The third kappa shape index (κ3) is 2.35. The van der Waals surface area contributed by atoms with Crippen molar-refractivity contribution in [1.82, 2.24) is 15.4 Å². The lowest BCUT2D eigenvalue weighted by Crippen LogP contribution is -2.39. The van der Waals surface area contributed by atoms with Crippen LogP contribution in [0.1, 0.15) is 54.8 Å². The number of aromatic nitrogens is 1. The fourth-order valence-corrected chi connectivity index (χ4v) is 3.14. The number of nitrogens with one attached hydrogen (secondary N) is 1. The zero-order valence-electron chi connectivity index (χ0n) is 11.8. The second kappa shape index (κ2) is 4.58. The van der Waals surface area contributed by atoms with Crippen LogP contribution in [-0.2, 0) is 0 Å². The van der Waals surface area contributed by atoms with Gasteiger partial charge in [-0.15, -0.1) is 0 Å². The van der Waals surface area contributed by atoms with Crippen LogP contribution in [0.5, 0.6) is 0 Å². The summed E-state index contributed by atoms with van der Waals surface area (Å²) in [5, 5.41) is 7.12. The molecule has 1 N–H and O–H groups in total. The second-order valence-corrected chi connectivity index (χ2v) is 6.63. The molecule has 1 aromatic rings. The maximum absolute atomic E-state index is 12.2. The lowest BCUT2D eigenvalue weighted by Gasteiger charge is -2.15. The van der Waals surface area contributed by atoms with Gasteiger partial charge in [0.2, 0.25) is 5.76 Å². The van der Waals surface area contributed by atoms with E-state index < -0.39 is 0 Å². The molecule has 20 heavy (non-hydrogen) atoms. The van der Waals surface area contributed by atoms with Gasteiger partial charge in [-0.05, 0) is 31.6 Å². The average Bonchev–Trinajstić information content (AvgIpc) is 3.36. The monoisotopic (exact) mass is 275 g/mol. The van der Waals surface area contributed by atoms with E-state index in [0.29, 0.717) is 17.6 Å². The van der Waals surface area contributed by atoms with E-state index in [1.807, 2.05) is 6.07 Å². The molecule has 0 aromatic carbocycles. The van der Waals surface area contributed by atoms with E-state index in [1.165, 1.54) is 25.7 Å². The predicted octanol–water partition coefficient (Wildman–Crippen LogP) is 1.76. The molecule has 108 valence electrons. The molecule has 2 atom stereocenters. The van der Waals surface area contributed by atoms with Crippen LogP contribution in [-0.4, -0.2) is 41.1 Å². The minimum Gasteiger partial charge on any atom is -0.351 e. The zero-order chi connectivity index (χ0) is 13.7. The first-order chi connectivity index (χ1) is 9.70. The van der Waals surface area contributed by atoms with Gasteiger partial charge in [0.05, 0.1) is 5.69 Å². The molecule has 2 heterocycles. The SMILES string of the molecule is CC1CN(C2CC2)CC1NC(=O)c1cc(C2CC2)no1. The van der Waals surface area contributed by atoms with Crippen molar-refractivity contribution in [3.8, 4) is 0 Å². The molecule has 1 aromatic heterocycles. The van der Waals surface area contributed by atoms with Crippen LogP contribution in [0.25, 0.3) is 0 Å². The Morgan fingerprint density at radius 2 is 2.15 bits per heavy atom. The highest BCUT2D eigenvalue weighted by molar-refractivity contribution is 5.91. The number of carbonyl (C=O) groups is 1. The van der Waals surface area contributed by atoms with Gasteiger partial charge in [0.15, 0.2) is 0 Å². The summed E-state index contributed by atoms with van der Waals surface area (Å²) < 4.78 is 5.18. The Morgan fingerprint density at radius 1 is 1.35 bits per heavy atom. The fraction of sp³-hybridized carbons (Fsp3) is 0.733. The minimum atomic E-state index is -0.112. The number of rotatable bonds is 4. The third-order valence-corrected chi connectivity index (χ3v) is 4.77. The van der Waals surface area contributed by atoms with Gasteiger partial charge in [0.1, 0.15) is 0 Å². The van der Waals surface area contributed by atoms with Gasteiger partial charge in [-0.25, -0.2) is 0 Å². The molecule has 3 aliphatic rings. The van der Waals surface area contributed by atoms with E-state index in [9.17, 15) is 4.79 Å². The van der Waals surface area contributed by atoms with Crippen molar-refractivity contribution in [2.75, 3.05) is 13.1 Å². The molecule has 0 bridgehead atoms. The van der Waals surface area contributed by atoms with Gasteiger partial charge < -0.3 is 9.84 Å². The standard InChI is InChI=1S/C15H21N3O2/c1-9-7-18(11-4-5-11)8-13(9)16-15(19)14-6-12(17-20-14)10-2-3-10/h6,9-11,13H,2-5,7-8H2,1H3,(H,16,19). The van der Waals surface area contributed by atoms with Crippen LogP contribution < -0.4 is 5.32 Å². The maximum Gasteiger partial charge on any atom is 0.290 e. The number of carbonyl (C=O) groups excluding carboxylic acids is 1. The van der Waals surface area contributed by atoms with E-state index in [0.717, 1.165) is 24.8 Å². The molecular formula is C15H21N3O2. The van der Waals surface area contributed by atoms with E-state index in [-0.39, 0.29) is 11.9 Å². The van der Waals surface area contributed by atoms with E-state index in [1.54, 1.807) is 0 Å². The molecule has 5 heteroatoms. The number of amides is 1. The predicted molar refractivity (Wildman–Crippen MR) is 73.5 cm³/mol. The number of nitrogens with zero attached hydrogens (tertiary/aromatic N) is 2. The van der Waals surface area contributed by atoms with Crippen molar-refractivity contribution in [2.45, 2.75) is 50.6 Å². The molecule has 4 rings (SSSR count). The topological polar surface area (TPSA) is 58.4 Å². The van der Waals surface area contributed by atoms with Crippen LogP contribution in [0.2, 0.25) is 0 Å². The summed E-state index contributed by atoms with van der Waals surface area (Å²) in [6, 6.07) is 2.81. The van der Waals surface area contributed by atoms with Gasteiger partial charge in [0.25, 0.3) is 5.91 Å². The quantitative estimate of drug-likeness (QED) is 0.909. The summed E-state index contributed by atoms with van der Waals surface area (Å²) in [5.74, 6) is 1.28. The van der Waals surface area contributed by atoms with Gasteiger partial charge in [-0.1, -0.05) is 12.1 Å². The fourth-order valence-electron chi connectivity index (χ4n) is 3.14. The van der Waals surface area contributed by atoms with Crippen LogP contribution in [0, 0.1) is 5.92 Å². The van der Waals surface area contributed by atoms with Crippen molar-refractivity contribution in [1.29, 1.82) is 0 Å². The smallest absolute Gasteiger partial charge is 0.290 e. The van der Waals surface area contributed by atoms with Crippen molar-refractivity contribution < 1.29 is 9.32 Å². The van der Waals surface area contributed by atoms with Crippen LogP contribution in [0.15, 0.2) is 10.6 Å². The molecule has 2 saturated carbocycles. The molecule has 0 radical (unpaired) electrons. The Bertz CT molecular complexity index is 519. The Morgan fingerprint density at radius 3 is 2.85 bits per heavy atom.